The van der Waals surface area contributed by atoms with E-state index in [9.17, 15) is 111 Å². The molecule has 0 aliphatic carbocycles. The van der Waals surface area contributed by atoms with Crippen molar-refractivity contribution in [2.24, 2.45) is 5.73 Å². The number of rotatable bonds is 37. The molecule has 0 unspecified atom stereocenters. The number of aliphatic carboxylic acids is 1. The first-order valence-electron chi connectivity index (χ1n) is 33.5. The molecule has 6 saturated heterocycles. The Kier molecular flexibility index (Phi) is 34.0. The lowest BCUT2D eigenvalue weighted by Gasteiger charge is -2.53. The van der Waals surface area contributed by atoms with Crippen LogP contribution in [0, 0.1) is 0 Å². The van der Waals surface area contributed by atoms with Gasteiger partial charge in [0.2, 0.25) is 11.8 Å². The van der Waals surface area contributed by atoms with E-state index in [0.29, 0.717) is 6.42 Å². The third-order valence-corrected chi connectivity index (χ3v) is 18.3. The summed E-state index contributed by atoms with van der Waals surface area (Å²) in [6, 6.07) is -4.89. The molecule has 0 aromatic carbocycles. The van der Waals surface area contributed by atoms with Crippen LogP contribution < -0.4 is 16.4 Å². The lowest BCUT2D eigenvalue weighted by atomic mass is 9.88. The zero-order valence-electron chi connectivity index (χ0n) is 55.3. The van der Waals surface area contributed by atoms with Crippen LogP contribution in [0.2, 0.25) is 0 Å². The van der Waals surface area contributed by atoms with Crippen LogP contribution in [-0.2, 0) is 71.2 Å². The predicted octanol–water partition coefficient (Wildman–Crippen LogP) is -8.61. The average molecular weight is 1430 g/mol. The SMILES string of the molecule is CCCCCCCCCCCCC/C=C/[C@@H](O)[C@@H](N)CO[C@@H]1O[C@H](CO)[C@@H](O[C@@H]2O[C@H](CO)[C@H](O[C@@H]3O[C@H](CO)[C@H](O)[C@H](O[C@@H]4O[C@H](CO)[C@H](O)[C@H](O)[C@H]4O[C@@H]4O[C@@H](C)[C@@H](O)[C@@H](O)[C@@H]4O)[C@H]3NC(C)=O)[C@H](O[C@]3(C(=O)O)C[C@H](O)[C@@H](NC(C)=O)[C@H]([C@H](O)[C@H](O)CO)O3)[C@H]2O)[C@H](O)[C@H]1O. The number of hydrogen-bond acceptors (Lipinski definition) is 34. The topological polar surface area (TPSA) is 596 Å². The molecule has 37 nitrogen and oxygen atoms in total. The molecule has 6 fully saturated rings. The summed E-state index contributed by atoms with van der Waals surface area (Å²) in [6.45, 7) is -0.823. The van der Waals surface area contributed by atoms with Gasteiger partial charge < -0.3 is 170 Å². The minimum absolute atomic E-state index is 0.479. The van der Waals surface area contributed by atoms with E-state index in [0.717, 1.165) is 39.5 Å². The molecule has 23 N–H and O–H groups in total. The maximum Gasteiger partial charge on any atom is 0.364 e. The lowest BCUT2D eigenvalue weighted by Crippen LogP contribution is -2.72. The Bertz CT molecular complexity index is 2400. The highest BCUT2D eigenvalue weighted by Crippen LogP contribution is 2.41. The Morgan fingerprint density at radius 3 is 1.61 bits per heavy atom. The van der Waals surface area contributed by atoms with Crippen molar-refractivity contribution in [2.75, 3.05) is 39.6 Å². The van der Waals surface area contributed by atoms with E-state index in [-0.39, 0.29) is 0 Å². The number of carboxylic acid groups (broad SMARTS) is 1. The minimum atomic E-state index is -3.41. The lowest BCUT2D eigenvalue weighted by molar-refractivity contribution is -0.405. The molecule has 0 aromatic rings. The number of aliphatic hydroxyl groups is 18. The number of carbonyl (C=O) groups excluding carboxylic acids is 2. The van der Waals surface area contributed by atoms with E-state index >= 15 is 0 Å². The van der Waals surface area contributed by atoms with E-state index in [1.807, 2.05) is 0 Å². The molecule has 0 aromatic heterocycles. The van der Waals surface area contributed by atoms with Gasteiger partial charge in [-0.2, -0.15) is 0 Å². The number of carboxylic acids is 1. The second-order valence-electron chi connectivity index (χ2n) is 25.9. The number of allylic oxidation sites excluding steroid dienone is 1. The fraction of sp³-hybridized carbons (Fsp3) is 0.918. The number of aliphatic hydroxyl groups excluding tert-OH is 18. The summed E-state index contributed by atoms with van der Waals surface area (Å²) in [5.41, 5.74) is 6.23. The quantitative estimate of drug-likeness (QED) is 0.0203. The zero-order valence-corrected chi connectivity index (χ0v) is 55.3. The van der Waals surface area contributed by atoms with Crippen LogP contribution in [0.4, 0.5) is 0 Å². The number of nitrogens with two attached hydrogens (primary N) is 1. The number of ether oxygens (including phenoxy) is 12. The van der Waals surface area contributed by atoms with Crippen LogP contribution in [0.1, 0.15) is 111 Å². The van der Waals surface area contributed by atoms with Crippen LogP contribution in [-0.4, -0.2) is 356 Å². The van der Waals surface area contributed by atoms with Gasteiger partial charge in [-0.25, -0.2) is 4.79 Å². The Morgan fingerprint density at radius 1 is 0.541 bits per heavy atom. The standard InChI is InChI=1S/C61H107N3O34/c1-5-6-7-8-9-10-11-12-13-14-15-16-17-18-30(72)29(62)25-87-56-47(83)45(81)49(35(23-68)91-56)93-58-48(84)53(98-61(60(85)86)19-31(73)37(63-27(3)70)52(97-61)40(76)32(74)20-65)50(36(24-69)92-58)94-55-38(64-28(4)71)51(42(78)34(22-67)89-55)95-59-54(44(80)41(77)33(21-66)90-59)96-57-46(82)43(79)39(75)26(2)88-57/h17-18,26,29-59,65-69,72-84H,5-16,19-25,62H2,1-4H3,(H,63,70)(H,64,71)(H,85,86)/b18-17+/t26-,29-,30+,31-,32+,33+,34+,35+,36+,37+,38+,39+,40+,41-,42-,43+,44-,45+,46-,47+,48+,49+,50-,51+,52+,53+,54+,55-,56+,57-,58-,59-,61-/m0/s1. The third-order valence-electron chi connectivity index (χ3n) is 18.3. The van der Waals surface area contributed by atoms with Gasteiger partial charge in [-0.15, -0.1) is 0 Å². The Labute approximate surface area is 565 Å². The van der Waals surface area contributed by atoms with Crippen molar-refractivity contribution in [3.05, 3.63) is 12.2 Å². The van der Waals surface area contributed by atoms with Gasteiger partial charge in [0.05, 0.1) is 70.0 Å². The minimum Gasteiger partial charge on any atom is -0.477 e. The second kappa shape index (κ2) is 39.7. The van der Waals surface area contributed by atoms with Crippen LogP contribution in [0.3, 0.4) is 0 Å². The van der Waals surface area contributed by atoms with E-state index in [1.165, 1.54) is 57.9 Å². The molecule has 570 valence electrons. The summed E-state index contributed by atoms with van der Waals surface area (Å²) in [6.07, 6.45) is -43.5. The molecule has 0 bridgehead atoms. The highest BCUT2D eigenvalue weighted by molar-refractivity contribution is 5.77. The molecule has 6 aliphatic heterocycles. The number of hydrogen-bond donors (Lipinski definition) is 22. The number of nitrogens with one attached hydrogen (secondary N) is 2. The second-order valence-corrected chi connectivity index (χ2v) is 25.9. The Balaban J connectivity index is 1.29. The van der Waals surface area contributed by atoms with Crippen molar-refractivity contribution in [3.63, 3.8) is 0 Å². The summed E-state index contributed by atoms with van der Waals surface area (Å²) in [4.78, 5) is 39.5. The molecule has 0 spiro atoms. The molecule has 37 heteroatoms. The molecule has 0 radical (unpaired) electrons. The Morgan fingerprint density at radius 2 is 1.03 bits per heavy atom. The van der Waals surface area contributed by atoms with Crippen molar-refractivity contribution in [1.82, 2.24) is 10.6 Å². The van der Waals surface area contributed by atoms with E-state index in [1.54, 1.807) is 6.08 Å². The van der Waals surface area contributed by atoms with E-state index in [2.05, 4.69) is 17.6 Å². The number of amides is 2. The van der Waals surface area contributed by atoms with Crippen LogP contribution in [0.25, 0.3) is 0 Å². The molecule has 98 heavy (non-hydrogen) atoms. The Hall–Kier alpha value is -3.09. The first-order valence-corrected chi connectivity index (χ1v) is 33.5. The average Bonchev–Trinajstić information content (AvgIpc) is 0.755. The van der Waals surface area contributed by atoms with Crippen molar-refractivity contribution >= 4 is 17.8 Å². The van der Waals surface area contributed by atoms with Crippen LogP contribution in [0.15, 0.2) is 12.2 Å². The van der Waals surface area contributed by atoms with Crippen molar-refractivity contribution in [1.29, 1.82) is 0 Å². The van der Waals surface area contributed by atoms with Gasteiger partial charge in [-0.1, -0.05) is 83.3 Å². The highest BCUT2D eigenvalue weighted by Gasteiger charge is 2.63. The zero-order chi connectivity index (χ0) is 72.5. The van der Waals surface area contributed by atoms with Crippen molar-refractivity contribution in [2.45, 2.75) is 313 Å². The van der Waals surface area contributed by atoms with Gasteiger partial charge in [0.15, 0.2) is 31.5 Å². The molecular formula is C61H107N3O34. The van der Waals surface area contributed by atoms with Crippen LogP contribution >= 0.6 is 0 Å². The van der Waals surface area contributed by atoms with Gasteiger partial charge >= 0.3 is 5.97 Å². The van der Waals surface area contributed by atoms with Gasteiger partial charge in [0.1, 0.15) is 134 Å². The van der Waals surface area contributed by atoms with Crippen molar-refractivity contribution < 1.29 is 168 Å². The largest absolute Gasteiger partial charge is 0.477 e. The van der Waals surface area contributed by atoms with Gasteiger partial charge in [0.25, 0.3) is 5.79 Å². The summed E-state index contributed by atoms with van der Waals surface area (Å²) in [5, 5.41) is 215. The smallest absolute Gasteiger partial charge is 0.364 e. The monoisotopic (exact) mass is 1430 g/mol. The van der Waals surface area contributed by atoms with Gasteiger partial charge in [-0.3, -0.25) is 9.59 Å². The molecule has 6 heterocycles. The first-order chi connectivity index (χ1) is 46.5. The van der Waals surface area contributed by atoms with Gasteiger partial charge in [0, 0.05) is 20.3 Å². The molecule has 33 atom stereocenters. The van der Waals surface area contributed by atoms with E-state index in [4.69, 9.17) is 62.6 Å². The number of carbonyl (C=O) groups is 3. The molecule has 6 rings (SSSR count). The first kappa shape index (κ1) is 83.9. The summed E-state index contributed by atoms with van der Waals surface area (Å²) in [5.74, 6) is -7.45. The summed E-state index contributed by atoms with van der Waals surface area (Å²) in [7, 11) is 0. The molecule has 6 aliphatic rings. The highest BCUT2D eigenvalue weighted by atomic mass is 16.8. The van der Waals surface area contributed by atoms with Crippen molar-refractivity contribution in [3.8, 4) is 0 Å². The molecule has 0 saturated carbocycles. The maximum atomic E-state index is 13.8. The van der Waals surface area contributed by atoms with Crippen LogP contribution in [0.5, 0.6) is 0 Å². The number of unbranched alkanes of at least 4 members (excludes halogenated alkanes) is 11. The third kappa shape index (κ3) is 21.3. The molecular weight excluding hydrogens is 1320 g/mol. The normalized spacial score (nSPS) is 41.5. The van der Waals surface area contributed by atoms with E-state index < -0.39 is 266 Å². The predicted molar refractivity (Wildman–Crippen MR) is 326 cm³/mol. The fourth-order valence-corrected chi connectivity index (χ4v) is 12.7. The maximum absolute atomic E-state index is 13.8. The summed E-state index contributed by atoms with van der Waals surface area (Å²) < 4.78 is 71.4. The van der Waals surface area contributed by atoms with Gasteiger partial charge in [-0.05, 0) is 19.8 Å². The molecule has 2 amide bonds. The fourth-order valence-electron chi connectivity index (χ4n) is 12.7. The summed E-state index contributed by atoms with van der Waals surface area (Å²) >= 11 is 0.